The highest BCUT2D eigenvalue weighted by Crippen LogP contribution is 2.13. The average molecular weight is 632 g/mol. The van der Waals surface area contributed by atoms with Crippen molar-refractivity contribution in [2.75, 3.05) is 0 Å². The third-order valence-corrected chi connectivity index (χ3v) is 6.83. The lowest BCUT2D eigenvalue weighted by molar-refractivity contribution is -0.142. The Morgan fingerprint density at radius 2 is 1.31 bits per heavy atom. The second-order valence-corrected chi connectivity index (χ2v) is 11.3. The van der Waals surface area contributed by atoms with Crippen molar-refractivity contribution in [2.24, 2.45) is 17.6 Å². The van der Waals surface area contributed by atoms with Gasteiger partial charge in [-0.15, -0.1) is 0 Å². The molecule has 0 bridgehead atoms. The molecular formula is C29H41N7O9. The quantitative estimate of drug-likeness (QED) is 0.103. The number of nitrogens with one attached hydrogen (secondary N) is 5. The van der Waals surface area contributed by atoms with Crippen LogP contribution in [0, 0.1) is 11.8 Å². The monoisotopic (exact) mass is 631 g/mol. The van der Waals surface area contributed by atoms with Crippen molar-refractivity contribution in [3.05, 3.63) is 48.0 Å². The number of hydrogen-bond acceptors (Lipinski definition) is 9. The topological polar surface area (TPSA) is 266 Å². The van der Waals surface area contributed by atoms with Gasteiger partial charge >= 0.3 is 11.9 Å². The molecule has 0 saturated carbocycles. The number of carbonyl (C=O) groups excluding carboxylic acids is 4. The lowest BCUT2D eigenvalue weighted by Crippen LogP contribution is -2.61. The number of aromatic hydroxyl groups is 1. The Morgan fingerprint density at radius 3 is 1.80 bits per heavy atom. The van der Waals surface area contributed by atoms with Crippen molar-refractivity contribution >= 4 is 35.6 Å². The highest BCUT2D eigenvalue weighted by molar-refractivity contribution is 5.96. The largest absolute Gasteiger partial charge is 0.508 e. The number of rotatable bonds is 17. The van der Waals surface area contributed by atoms with E-state index in [-0.39, 0.29) is 18.6 Å². The fourth-order valence-corrected chi connectivity index (χ4v) is 4.28. The first-order chi connectivity index (χ1) is 21.1. The highest BCUT2D eigenvalue weighted by atomic mass is 16.4. The molecule has 0 aliphatic rings. The van der Waals surface area contributed by atoms with E-state index in [1.54, 1.807) is 27.7 Å². The third-order valence-electron chi connectivity index (χ3n) is 6.83. The summed E-state index contributed by atoms with van der Waals surface area (Å²) in [7, 11) is 0. The molecule has 4 amide bonds. The van der Waals surface area contributed by atoms with Crippen LogP contribution in [0.3, 0.4) is 0 Å². The van der Waals surface area contributed by atoms with Crippen LogP contribution in [0.2, 0.25) is 0 Å². The number of phenols is 1. The number of benzene rings is 1. The molecule has 45 heavy (non-hydrogen) atoms. The SMILES string of the molecule is CC(C)[C@H](NC(=O)[C@H](Cc1ccc(O)cc1)NC(=O)[C@@H](N)CC(=O)O)C(=O)N[C@H](C(=O)N[C@@H](Cc1cnc[nH]1)C(=O)O)C(C)C. The van der Waals surface area contributed by atoms with Gasteiger partial charge in [0, 0.05) is 24.7 Å². The van der Waals surface area contributed by atoms with Gasteiger partial charge in [-0.05, 0) is 29.5 Å². The minimum absolute atomic E-state index is 0.0245. The molecule has 2 rings (SSSR count). The molecule has 16 nitrogen and oxygen atoms in total. The number of phenolic OH excluding ortho intramolecular Hbond substituents is 1. The standard InChI is InChI=1S/C29H41N7O9/c1-14(2)23(27(42)34-21(29(44)45)10-17-12-31-13-32-17)36-28(43)24(15(3)4)35-26(41)20(9-16-5-7-18(37)8-6-16)33-25(40)19(30)11-22(38)39/h5-8,12-15,19-21,23-24,37H,9-11,30H2,1-4H3,(H,31,32)(H,33,40)(H,34,42)(H,35,41)(H,36,43)(H,38,39)(H,44,45)/t19-,20-,21-,23-,24-/m0/s1. The predicted octanol–water partition coefficient (Wildman–Crippen LogP) is -0.962. The first-order valence-electron chi connectivity index (χ1n) is 14.3. The number of carbonyl (C=O) groups is 6. The number of aliphatic carboxylic acids is 2. The van der Waals surface area contributed by atoms with E-state index >= 15 is 0 Å². The Morgan fingerprint density at radius 1 is 0.778 bits per heavy atom. The predicted molar refractivity (Wildman–Crippen MR) is 159 cm³/mol. The maximum atomic E-state index is 13.5. The number of imidazole rings is 1. The van der Waals surface area contributed by atoms with Crippen molar-refractivity contribution in [1.29, 1.82) is 0 Å². The van der Waals surface area contributed by atoms with Gasteiger partial charge in [0.05, 0.1) is 18.8 Å². The number of H-pyrrole nitrogens is 1. The summed E-state index contributed by atoms with van der Waals surface area (Å²) in [4.78, 5) is 82.2. The summed E-state index contributed by atoms with van der Waals surface area (Å²) >= 11 is 0. The molecule has 16 heteroatoms. The Bertz CT molecular complexity index is 1330. The summed E-state index contributed by atoms with van der Waals surface area (Å²) in [6.45, 7) is 6.61. The number of nitrogens with two attached hydrogens (primary N) is 1. The van der Waals surface area contributed by atoms with Crippen molar-refractivity contribution in [3.8, 4) is 5.75 Å². The minimum atomic E-state index is -1.45. The van der Waals surface area contributed by atoms with Crippen LogP contribution < -0.4 is 27.0 Å². The van der Waals surface area contributed by atoms with Gasteiger partial charge in [-0.25, -0.2) is 9.78 Å². The summed E-state index contributed by atoms with van der Waals surface area (Å²) in [5.41, 5.74) is 6.69. The molecule has 2 aromatic rings. The number of hydrogen-bond donors (Lipinski definition) is 9. The first-order valence-corrected chi connectivity index (χ1v) is 14.3. The second kappa shape index (κ2) is 16.7. The maximum Gasteiger partial charge on any atom is 0.326 e. The van der Waals surface area contributed by atoms with Crippen molar-refractivity contribution in [1.82, 2.24) is 31.2 Å². The van der Waals surface area contributed by atoms with Crippen LogP contribution in [0.5, 0.6) is 5.75 Å². The van der Waals surface area contributed by atoms with Crippen molar-refractivity contribution in [3.63, 3.8) is 0 Å². The van der Waals surface area contributed by atoms with E-state index in [0.29, 0.717) is 11.3 Å². The van der Waals surface area contributed by atoms with Crippen LogP contribution >= 0.6 is 0 Å². The lowest BCUT2D eigenvalue weighted by atomic mass is 9.98. The smallest absolute Gasteiger partial charge is 0.326 e. The van der Waals surface area contributed by atoms with Crippen LogP contribution in [0.1, 0.15) is 45.4 Å². The average Bonchev–Trinajstić information content (AvgIpc) is 3.47. The van der Waals surface area contributed by atoms with Gasteiger partial charge < -0.3 is 47.3 Å². The van der Waals surface area contributed by atoms with Gasteiger partial charge in [-0.2, -0.15) is 0 Å². The molecule has 10 N–H and O–H groups in total. The van der Waals surface area contributed by atoms with Gasteiger partial charge in [0.1, 0.15) is 29.9 Å². The zero-order valence-corrected chi connectivity index (χ0v) is 25.4. The number of nitrogens with zero attached hydrogens (tertiary/aromatic N) is 1. The van der Waals surface area contributed by atoms with Gasteiger partial charge in [0.15, 0.2) is 0 Å². The molecule has 0 aliphatic carbocycles. The van der Waals surface area contributed by atoms with Gasteiger partial charge in [-0.3, -0.25) is 24.0 Å². The molecule has 1 heterocycles. The van der Waals surface area contributed by atoms with E-state index in [9.17, 15) is 39.0 Å². The minimum Gasteiger partial charge on any atom is -0.508 e. The van der Waals surface area contributed by atoms with Crippen LogP contribution in [-0.4, -0.2) is 91.1 Å². The molecule has 0 unspecified atom stereocenters. The molecule has 246 valence electrons. The molecule has 0 saturated heterocycles. The number of aromatic amines is 1. The Balaban J connectivity index is 2.22. The molecule has 0 aliphatic heterocycles. The number of carboxylic acid groups (broad SMARTS) is 2. The molecule has 1 aromatic carbocycles. The van der Waals surface area contributed by atoms with E-state index in [1.165, 1.54) is 36.8 Å². The molecule has 5 atom stereocenters. The fraction of sp³-hybridized carbons (Fsp3) is 0.483. The molecule has 0 radical (unpaired) electrons. The Kier molecular flexibility index (Phi) is 13.5. The normalized spacial score (nSPS) is 14.5. The zero-order valence-electron chi connectivity index (χ0n) is 25.4. The number of amides is 4. The first kappa shape index (κ1) is 36.2. The number of carboxylic acids is 2. The Hall–Kier alpha value is -4.99. The lowest BCUT2D eigenvalue weighted by Gasteiger charge is -2.29. The van der Waals surface area contributed by atoms with Crippen LogP contribution in [-0.2, 0) is 41.6 Å². The van der Waals surface area contributed by atoms with E-state index in [4.69, 9.17) is 10.8 Å². The summed E-state index contributed by atoms with van der Waals surface area (Å²) in [6.07, 6.45) is 1.96. The van der Waals surface area contributed by atoms with E-state index < -0.39 is 84.0 Å². The van der Waals surface area contributed by atoms with E-state index in [2.05, 4.69) is 31.2 Å². The van der Waals surface area contributed by atoms with Crippen LogP contribution in [0.25, 0.3) is 0 Å². The summed E-state index contributed by atoms with van der Waals surface area (Å²) in [6, 6.07) is -0.606. The summed E-state index contributed by atoms with van der Waals surface area (Å²) < 4.78 is 0. The number of aromatic nitrogens is 2. The third kappa shape index (κ3) is 11.6. The van der Waals surface area contributed by atoms with E-state index in [0.717, 1.165) is 0 Å². The van der Waals surface area contributed by atoms with Gasteiger partial charge in [0.2, 0.25) is 23.6 Å². The van der Waals surface area contributed by atoms with Crippen molar-refractivity contribution in [2.45, 2.75) is 77.2 Å². The Labute approximate surface area is 259 Å². The van der Waals surface area contributed by atoms with Gasteiger partial charge in [-0.1, -0.05) is 39.8 Å². The molecule has 0 spiro atoms. The molecule has 1 aromatic heterocycles. The zero-order chi connectivity index (χ0) is 33.8. The summed E-state index contributed by atoms with van der Waals surface area (Å²) in [5, 5.41) is 38.3. The van der Waals surface area contributed by atoms with Gasteiger partial charge in [0.25, 0.3) is 0 Å². The molecular weight excluding hydrogens is 590 g/mol. The van der Waals surface area contributed by atoms with E-state index in [1.807, 2.05) is 0 Å². The second-order valence-electron chi connectivity index (χ2n) is 11.3. The maximum absolute atomic E-state index is 13.5. The highest BCUT2D eigenvalue weighted by Gasteiger charge is 2.34. The van der Waals surface area contributed by atoms with Crippen LogP contribution in [0.15, 0.2) is 36.8 Å². The fourth-order valence-electron chi connectivity index (χ4n) is 4.28. The van der Waals surface area contributed by atoms with Crippen molar-refractivity contribution < 1.29 is 44.1 Å². The summed E-state index contributed by atoms with van der Waals surface area (Å²) in [5.74, 6) is -6.77. The molecule has 0 fully saturated rings. The van der Waals surface area contributed by atoms with Crippen LogP contribution in [0.4, 0.5) is 0 Å².